The van der Waals surface area contributed by atoms with Gasteiger partial charge in [0.05, 0.1) is 24.9 Å². The van der Waals surface area contributed by atoms with Crippen LogP contribution in [0.2, 0.25) is 0 Å². The summed E-state index contributed by atoms with van der Waals surface area (Å²) in [5, 5.41) is 18.2. The number of aryl methyl sites for hydroxylation is 2. The van der Waals surface area contributed by atoms with Gasteiger partial charge in [-0.3, -0.25) is 0 Å². The molecule has 35 heavy (non-hydrogen) atoms. The number of ether oxygens (including phenoxy) is 1. The van der Waals surface area contributed by atoms with Crippen LogP contribution in [0, 0.1) is 13.8 Å². The van der Waals surface area contributed by atoms with Gasteiger partial charge in [-0.25, -0.2) is 0 Å². The zero-order chi connectivity index (χ0) is 24.4. The van der Waals surface area contributed by atoms with Crippen molar-refractivity contribution in [2.45, 2.75) is 33.4 Å². The lowest BCUT2D eigenvalue weighted by Crippen LogP contribution is -2.36. The lowest BCUT2D eigenvalue weighted by Gasteiger charge is -2.29. The van der Waals surface area contributed by atoms with Crippen molar-refractivity contribution < 1.29 is 4.74 Å². The van der Waals surface area contributed by atoms with Crippen LogP contribution in [0.3, 0.4) is 0 Å². The van der Waals surface area contributed by atoms with Crippen LogP contribution in [-0.2, 0) is 11.3 Å². The van der Waals surface area contributed by atoms with E-state index in [0.29, 0.717) is 0 Å². The van der Waals surface area contributed by atoms with Gasteiger partial charge in [0.1, 0.15) is 0 Å². The minimum absolute atomic E-state index is 0.110. The molecule has 0 saturated carbocycles. The summed E-state index contributed by atoms with van der Waals surface area (Å²) < 4.78 is 5.54. The van der Waals surface area contributed by atoms with E-state index in [-0.39, 0.29) is 6.04 Å². The molecule has 5 rings (SSSR count). The van der Waals surface area contributed by atoms with Crippen LogP contribution in [0.4, 0.5) is 11.5 Å². The minimum atomic E-state index is 0.110. The fourth-order valence-corrected chi connectivity index (χ4v) is 5.82. The first-order valence-electron chi connectivity index (χ1n) is 12.2. The molecule has 0 bridgehead atoms. The number of anilines is 2. The van der Waals surface area contributed by atoms with E-state index in [1.807, 2.05) is 25.3 Å². The summed E-state index contributed by atoms with van der Waals surface area (Å²) in [4.78, 5) is 4.94. The lowest BCUT2D eigenvalue weighted by atomic mass is 10.0. The number of nitrogens with zero attached hydrogens (tertiary/aromatic N) is 3. The van der Waals surface area contributed by atoms with Crippen LogP contribution in [0.5, 0.6) is 0 Å². The molecule has 2 aromatic carbocycles. The van der Waals surface area contributed by atoms with Crippen molar-refractivity contribution in [3.8, 4) is 10.4 Å². The standard InChI is InChI=1S/C28H33N5OS/c1-18-6-5-7-23(25(18)17-29-4)27-11-10-26(35-27)20(3)30-28-24-16-21(33-12-14-34-15-13-33)8-9-22(24)19(2)31-32-28/h5-11,16,20,29H,12-15,17H2,1-4H3,(H,30,32)/t20-/m1/s1. The topological polar surface area (TPSA) is 62.3 Å². The molecular formula is C28H33N5OS. The van der Waals surface area contributed by atoms with Gasteiger partial charge in [-0.2, -0.15) is 5.10 Å². The monoisotopic (exact) mass is 487 g/mol. The Morgan fingerprint density at radius 2 is 1.86 bits per heavy atom. The van der Waals surface area contributed by atoms with E-state index in [9.17, 15) is 0 Å². The molecule has 4 aromatic rings. The van der Waals surface area contributed by atoms with E-state index in [1.54, 1.807) is 0 Å². The molecule has 7 heteroatoms. The second-order valence-corrected chi connectivity index (χ2v) is 10.3. The van der Waals surface area contributed by atoms with Gasteiger partial charge < -0.3 is 20.3 Å². The highest BCUT2D eigenvalue weighted by Gasteiger charge is 2.17. The first kappa shape index (κ1) is 23.7. The van der Waals surface area contributed by atoms with Crippen LogP contribution in [0.15, 0.2) is 48.5 Å². The summed E-state index contributed by atoms with van der Waals surface area (Å²) in [5.41, 5.74) is 6.13. The van der Waals surface area contributed by atoms with Crippen molar-refractivity contribution in [1.29, 1.82) is 0 Å². The summed E-state index contributed by atoms with van der Waals surface area (Å²) in [6.45, 7) is 10.6. The molecule has 3 heterocycles. The third-order valence-corrected chi connectivity index (χ3v) is 8.06. The smallest absolute Gasteiger partial charge is 0.157 e. The molecule has 1 fully saturated rings. The highest BCUT2D eigenvalue weighted by molar-refractivity contribution is 7.15. The molecule has 1 aliphatic heterocycles. The highest BCUT2D eigenvalue weighted by atomic mass is 32.1. The molecule has 6 nitrogen and oxygen atoms in total. The molecule has 1 atom stereocenters. The van der Waals surface area contributed by atoms with Crippen LogP contribution in [0.1, 0.15) is 34.7 Å². The Bertz CT molecular complexity index is 1330. The molecule has 0 radical (unpaired) electrons. The lowest BCUT2D eigenvalue weighted by molar-refractivity contribution is 0.122. The predicted molar refractivity (Wildman–Crippen MR) is 147 cm³/mol. The second kappa shape index (κ2) is 10.3. The number of benzene rings is 2. The maximum Gasteiger partial charge on any atom is 0.157 e. The van der Waals surface area contributed by atoms with Crippen molar-refractivity contribution in [3.63, 3.8) is 0 Å². The predicted octanol–water partition coefficient (Wildman–Crippen LogP) is 5.70. The Hall–Kier alpha value is -3.00. The molecule has 0 unspecified atom stereocenters. The van der Waals surface area contributed by atoms with Gasteiger partial charge in [0, 0.05) is 45.8 Å². The highest BCUT2D eigenvalue weighted by Crippen LogP contribution is 2.36. The molecule has 0 spiro atoms. The van der Waals surface area contributed by atoms with Crippen molar-refractivity contribution in [2.75, 3.05) is 43.6 Å². The summed E-state index contributed by atoms with van der Waals surface area (Å²) >= 11 is 1.84. The maximum atomic E-state index is 5.54. The summed E-state index contributed by atoms with van der Waals surface area (Å²) in [6, 6.07) is 17.7. The van der Waals surface area contributed by atoms with Crippen LogP contribution >= 0.6 is 11.3 Å². The number of thiophene rings is 1. The van der Waals surface area contributed by atoms with E-state index >= 15 is 0 Å². The molecule has 182 valence electrons. The largest absolute Gasteiger partial charge is 0.378 e. The number of aromatic nitrogens is 2. The van der Waals surface area contributed by atoms with Gasteiger partial charge in [-0.1, -0.05) is 24.3 Å². The average molecular weight is 488 g/mol. The Balaban J connectivity index is 1.43. The van der Waals surface area contributed by atoms with Gasteiger partial charge >= 0.3 is 0 Å². The SMILES string of the molecule is CNCc1c(C)cccc1-c1ccc([C@@H](C)Nc2nnc(C)c3ccc(N4CCOCC4)cc23)s1. The van der Waals surface area contributed by atoms with E-state index in [2.05, 4.69) is 88.1 Å². The normalized spacial score (nSPS) is 14.9. The second-order valence-electron chi connectivity index (χ2n) is 9.16. The van der Waals surface area contributed by atoms with Crippen molar-refractivity contribution in [2.24, 2.45) is 0 Å². The Morgan fingerprint density at radius 3 is 2.66 bits per heavy atom. The zero-order valence-corrected chi connectivity index (χ0v) is 21.7. The quantitative estimate of drug-likeness (QED) is 0.348. The fourth-order valence-electron chi connectivity index (χ4n) is 4.75. The number of fused-ring (bicyclic) bond motifs is 1. The molecule has 1 saturated heterocycles. The van der Waals surface area contributed by atoms with Crippen LogP contribution in [-0.4, -0.2) is 43.5 Å². The molecule has 1 aliphatic rings. The third kappa shape index (κ3) is 4.89. The van der Waals surface area contributed by atoms with E-state index in [0.717, 1.165) is 55.1 Å². The van der Waals surface area contributed by atoms with Crippen LogP contribution < -0.4 is 15.5 Å². The van der Waals surface area contributed by atoms with Crippen molar-refractivity contribution >= 4 is 33.6 Å². The number of rotatable bonds is 7. The summed E-state index contributed by atoms with van der Waals surface area (Å²) in [6.07, 6.45) is 0. The van der Waals surface area contributed by atoms with Gasteiger partial charge in [-0.05, 0) is 68.8 Å². The van der Waals surface area contributed by atoms with Crippen molar-refractivity contribution in [3.05, 3.63) is 70.2 Å². The van der Waals surface area contributed by atoms with Gasteiger partial charge in [0.15, 0.2) is 5.82 Å². The molecule has 0 amide bonds. The average Bonchev–Trinajstić information content (AvgIpc) is 3.38. The fraction of sp³-hybridized carbons (Fsp3) is 0.357. The molecule has 2 aromatic heterocycles. The summed E-state index contributed by atoms with van der Waals surface area (Å²) in [5.74, 6) is 0.828. The Kier molecular flexibility index (Phi) is 7.00. The van der Waals surface area contributed by atoms with Crippen molar-refractivity contribution in [1.82, 2.24) is 15.5 Å². The molecule has 2 N–H and O–H groups in total. The third-order valence-electron chi connectivity index (χ3n) is 6.76. The van der Waals surface area contributed by atoms with E-state index < -0.39 is 0 Å². The van der Waals surface area contributed by atoms with Gasteiger partial charge in [-0.15, -0.1) is 16.4 Å². The maximum absolute atomic E-state index is 5.54. The van der Waals surface area contributed by atoms with Gasteiger partial charge in [0.2, 0.25) is 0 Å². The summed E-state index contributed by atoms with van der Waals surface area (Å²) in [7, 11) is 2.00. The Labute approximate surface area is 211 Å². The zero-order valence-electron chi connectivity index (χ0n) is 20.9. The minimum Gasteiger partial charge on any atom is -0.378 e. The number of hydrogen-bond donors (Lipinski definition) is 2. The van der Waals surface area contributed by atoms with E-state index in [4.69, 9.17) is 4.74 Å². The molecular weight excluding hydrogens is 454 g/mol. The van der Waals surface area contributed by atoms with Gasteiger partial charge in [0.25, 0.3) is 0 Å². The first-order valence-corrected chi connectivity index (χ1v) is 13.1. The number of hydrogen-bond acceptors (Lipinski definition) is 7. The first-order chi connectivity index (χ1) is 17.0. The van der Waals surface area contributed by atoms with Crippen LogP contribution in [0.25, 0.3) is 21.2 Å². The number of nitrogens with one attached hydrogen (secondary N) is 2. The van der Waals surface area contributed by atoms with E-state index in [1.165, 1.54) is 32.1 Å². The molecule has 0 aliphatic carbocycles. The Morgan fingerprint density at radius 1 is 1.03 bits per heavy atom. The number of morpholine rings is 1.